The van der Waals surface area contributed by atoms with E-state index in [-0.39, 0.29) is 18.7 Å². The van der Waals surface area contributed by atoms with Crippen molar-refractivity contribution in [2.24, 2.45) is 11.8 Å². The van der Waals surface area contributed by atoms with Gasteiger partial charge < -0.3 is 20.0 Å². The molecule has 0 amide bonds. The summed E-state index contributed by atoms with van der Waals surface area (Å²) in [6.45, 7) is 7.23. The van der Waals surface area contributed by atoms with E-state index in [0.29, 0.717) is 24.0 Å². The van der Waals surface area contributed by atoms with Crippen LogP contribution >= 0.6 is 0 Å². The summed E-state index contributed by atoms with van der Waals surface area (Å²) in [5.41, 5.74) is 3.31. The van der Waals surface area contributed by atoms with Gasteiger partial charge in [0.1, 0.15) is 11.4 Å². The van der Waals surface area contributed by atoms with Crippen LogP contribution in [0.2, 0.25) is 0 Å². The summed E-state index contributed by atoms with van der Waals surface area (Å²) < 4.78 is 1.93. The molecule has 4 saturated heterocycles. The van der Waals surface area contributed by atoms with Crippen molar-refractivity contribution in [2.75, 3.05) is 39.3 Å². The number of carbonyl (C=O) groups is 3. The number of likely N-dealkylation sites (tertiary alicyclic amines) is 1. The van der Waals surface area contributed by atoms with E-state index in [0.717, 1.165) is 41.8 Å². The van der Waals surface area contributed by atoms with Crippen molar-refractivity contribution in [1.82, 2.24) is 35.0 Å². The number of fused-ring (bicyclic) bond motifs is 4. The average Bonchev–Trinajstić information content (AvgIpc) is 3.61. The SMILES string of the molecule is O=C(C[C@H]1CN2CCC1CC2)c1n[nH]c2cc(-c3cn(CCN4CCCCC4)nn3)ccc12.O=CO.O=CO. The number of ketones is 1. The van der Waals surface area contributed by atoms with Crippen LogP contribution in [0, 0.1) is 11.8 Å². The number of nitrogens with one attached hydrogen (secondary N) is 1. The van der Waals surface area contributed by atoms with Gasteiger partial charge in [-0.05, 0) is 75.8 Å². The molecule has 0 saturated carbocycles. The lowest BCUT2D eigenvalue weighted by atomic mass is 9.76. The molecular formula is C27H37N7O5. The topological polar surface area (TPSA) is 158 Å². The molecule has 39 heavy (non-hydrogen) atoms. The predicted molar refractivity (Wildman–Crippen MR) is 144 cm³/mol. The molecule has 0 radical (unpaired) electrons. The fourth-order valence-electron chi connectivity index (χ4n) is 6.01. The van der Waals surface area contributed by atoms with Crippen molar-refractivity contribution in [1.29, 1.82) is 0 Å². The fourth-order valence-corrected chi connectivity index (χ4v) is 6.01. The third-order valence-electron chi connectivity index (χ3n) is 7.99. The van der Waals surface area contributed by atoms with Gasteiger partial charge in [0.15, 0.2) is 5.78 Å². The lowest BCUT2D eigenvalue weighted by molar-refractivity contribution is -0.123. The molecule has 4 aliphatic rings. The highest BCUT2D eigenvalue weighted by atomic mass is 16.3. The first-order valence-electron chi connectivity index (χ1n) is 13.6. The molecule has 1 aromatic carbocycles. The van der Waals surface area contributed by atoms with Gasteiger partial charge in [-0.15, -0.1) is 5.10 Å². The molecule has 1 atom stereocenters. The van der Waals surface area contributed by atoms with Crippen LogP contribution in [-0.4, -0.2) is 103 Å². The van der Waals surface area contributed by atoms with Gasteiger partial charge in [-0.3, -0.25) is 24.2 Å². The molecule has 3 N–H and O–H groups in total. The summed E-state index contributed by atoms with van der Waals surface area (Å²) in [7, 11) is 0. The number of carbonyl (C=O) groups excluding carboxylic acids is 1. The molecule has 6 heterocycles. The van der Waals surface area contributed by atoms with Crippen molar-refractivity contribution in [3.05, 3.63) is 30.1 Å². The summed E-state index contributed by atoms with van der Waals surface area (Å²) in [4.78, 5) is 34.8. The molecule has 4 aliphatic heterocycles. The second-order valence-corrected chi connectivity index (χ2v) is 10.3. The number of hydrogen-bond donors (Lipinski definition) is 3. The molecule has 12 heteroatoms. The van der Waals surface area contributed by atoms with Crippen molar-refractivity contribution in [3.8, 4) is 11.3 Å². The summed E-state index contributed by atoms with van der Waals surface area (Å²) in [5, 5.41) is 30.9. The van der Waals surface area contributed by atoms with Crippen molar-refractivity contribution >= 4 is 29.6 Å². The Labute approximate surface area is 227 Å². The van der Waals surface area contributed by atoms with E-state index in [1.54, 1.807) is 0 Å². The van der Waals surface area contributed by atoms with Crippen LogP contribution in [-0.2, 0) is 16.1 Å². The molecule has 12 nitrogen and oxygen atoms in total. The number of hydrogen-bond acceptors (Lipinski definition) is 8. The first-order valence-corrected chi connectivity index (χ1v) is 13.6. The van der Waals surface area contributed by atoms with E-state index < -0.39 is 0 Å². The molecule has 0 aliphatic carbocycles. The number of Topliss-reactive ketones (excluding diaryl/α,β-unsaturated/α-hetero) is 1. The normalized spacial score (nSPS) is 22.3. The maximum atomic E-state index is 13.1. The summed E-state index contributed by atoms with van der Waals surface area (Å²) in [6, 6.07) is 6.07. The third kappa shape index (κ3) is 7.27. The molecule has 0 unspecified atom stereocenters. The second kappa shape index (κ2) is 13.9. The minimum absolute atomic E-state index is 0.163. The summed E-state index contributed by atoms with van der Waals surface area (Å²) >= 11 is 0. The largest absolute Gasteiger partial charge is 0.483 e. The zero-order chi connectivity index (χ0) is 27.6. The molecule has 210 valence electrons. The minimum atomic E-state index is -0.250. The number of H-pyrrole nitrogens is 1. The molecule has 0 spiro atoms. The minimum Gasteiger partial charge on any atom is -0.483 e. The maximum absolute atomic E-state index is 13.1. The maximum Gasteiger partial charge on any atom is 0.290 e. The highest BCUT2D eigenvalue weighted by Crippen LogP contribution is 2.35. The first-order chi connectivity index (χ1) is 19.1. The zero-order valence-corrected chi connectivity index (χ0v) is 22.1. The smallest absolute Gasteiger partial charge is 0.290 e. The number of carboxylic acid groups (broad SMARTS) is 2. The number of rotatable bonds is 7. The second-order valence-electron chi connectivity index (χ2n) is 10.3. The number of benzene rings is 1. The van der Waals surface area contributed by atoms with Crippen LogP contribution in [0.5, 0.6) is 0 Å². The number of nitrogens with zero attached hydrogens (tertiary/aromatic N) is 6. The van der Waals surface area contributed by atoms with Gasteiger partial charge in [0.05, 0.1) is 18.3 Å². The molecule has 2 aromatic heterocycles. The van der Waals surface area contributed by atoms with Crippen molar-refractivity contribution in [3.63, 3.8) is 0 Å². The standard InChI is InChI=1S/C25H33N7O.2CH2O2/c33-24(15-20-16-31-10-6-18(20)7-11-31)25-21-5-4-19(14-22(21)26-28-25)23-17-32(29-27-23)13-12-30-8-2-1-3-9-30;2*2-1-3/h4-5,14,17-18,20H,1-3,6-13,15-16H2,(H,26,28);2*1H,(H,2,3)/t20-;;/m0../s1. The van der Waals surface area contributed by atoms with E-state index in [4.69, 9.17) is 19.8 Å². The Morgan fingerprint density at radius 2 is 1.74 bits per heavy atom. The first kappa shape index (κ1) is 28.4. The van der Waals surface area contributed by atoms with Gasteiger partial charge in [0.25, 0.3) is 12.9 Å². The fraction of sp³-hybridized carbons (Fsp3) is 0.556. The highest BCUT2D eigenvalue weighted by molar-refractivity contribution is 6.06. The zero-order valence-electron chi connectivity index (χ0n) is 22.1. The van der Waals surface area contributed by atoms with E-state index in [1.807, 2.05) is 29.1 Å². The Morgan fingerprint density at radius 3 is 2.41 bits per heavy atom. The van der Waals surface area contributed by atoms with Crippen LogP contribution in [0.3, 0.4) is 0 Å². The molecule has 3 aromatic rings. The van der Waals surface area contributed by atoms with Crippen LogP contribution < -0.4 is 0 Å². The van der Waals surface area contributed by atoms with Gasteiger partial charge in [-0.2, -0.15) is 5.10 Å². The number of aromatic nitrogens is 5. The average molecular weight is 540 g/mol. The lowest BCUT2D eigenvalue weighted by Crippen LogP contribution is -2.47. The van der Waals surface area contributed by atoms with Crippen LogP contribution in [0.25, 0.3) is 22.2 Å². The Hall–Kier alpha value is -3.64. The van der Waals surface area contributed by atoms with Crippen molar-refractivity contribution < 1.29 is 24.6 Å². The summed E-state index contributed by atoms with van der Waals surface area (Å²) in [6.07, 6.45) is 9.05. The Bertz CT molecular complexity index is 1220. The van der Waals surface area contributed by atoms with Gasteiger partial charge >= 0.3 is 0 Å². The van der Waals surface area contributed by atoms with Gasteiger partial charge in [-0.25, -0.2) is 0 Å². The molecule has 4 fully saturated rings. The number of piperidine rings is 4. The van der Waals surface area contributed by atoms with Crippen LogP contribution in [0.4, 0.5) is 0 Å². The summed E-state index contributed by atoms with van der Waals surface area (Å²) in [5.74, 6) is 1.34. The Balaban J connectivity index is 0.000000541. The monoisotopic (exact) mass is 539 g/mol. The van der Waals surface area contributed by atoms with Crippen LogP contribution in [0.15, 0.2) is 24.4 Å². The molecule has 2 bridgehead atoms. The Kier molecular flexibility index (Phi) is 10.1. The van der Waals surface area contributed by atoms with Gasteiger partial charge in [0, 0.05) is 30.5 Å². The van der Waals surface area contributed by atoms with Crippen LogP contribution in [0.1, 0.15) is 49.0 Å². The molecular weight excluding hydrogens is 502 g/mol. The molecule has 7 rings (SSSR count). The Morgan fingerprint density at radius 1 is 1.03 bits per heavy atom. The van der Waals surface area contributed by atoms with E-state index in [2.05, 4.69) is 30.3 Å². The predicted octanol–water partition coefficient (Wildman–Crippen LogP) is 2.62. The lowest BCUT2D eigenvalue weighted by Gasteiger charge is -2.44. The quantitative estimate of drug-likeness (QED) is 0.301. The van der Waals surface area contributed by atoms with Crippen molar-refractivity contribution in [2.45, 2.75) is 45.1 Å². The van der Waals surface area contributed by atoms with Gasteiger partial charge in [0.2, 0.25) is 0 Å². The van der Waals surface area contributed by atoms with E-state index >= 15 is 0 Å². The van der Waals surface area contributed by atoms with E-state index in [1.165, 1.54) is 58.3 Å². The highest BCUT2D eigenvalue weighted by Gasteiger charge is 2.35. The third-order valence-corrected chi connectivity index (χ3v) is 7.99. The van der Waals surface area contributed by atoms with Gasteiger partial charge in [-0.1, -0.05) is 17.7 Å². The number of aromatic amines is 1. The van der Waals surface area contributed by atoms with E-state index in [9.17, 15) is 4.79 Å².